The maximum atomic E-state index is 12.5. The summed E-state index contributed by atoms with van der Waals surface area (Å²) in [5.41, 5.74) is 4.53. The number of rotatable bonds is 6. The van der Waals surface area contributed by atoms with Crippen LogP contribution >= 0.6 is 11.3 Å². The minimum Gasteiger partial charge on any atom is -0.465 e. The summed E-state index contributed by atoms with van der Waals surface area (Å²) >= 11 is 1.56. The molecule has 4 N–H and O–H groups in total. The minimum atomic E-state index is -0.985. The number of H-pyrrole nitrogens is 1. The number of nitrogens with zero attached hydrogens (tertiary/aromatic N) is 2. The summed E-state index contributed by atoms with van der Waals surface area (Å²) in [6.45, 7) is 1.91. The topological polar surface area (TPSA) is 120 Å². The van der Waals surface area contributed by atoms with E-state index in [9.17, 15) is 9.59 Å². The molecule has 152 valence electrons. The van der Waals surface area contributed by atoms with Gasteiger partial charge in [0.2, 0.25) is 5.91 Å². The fourth-order valence-corrected chi connectivity index (χ4v) is 4.85. The highest BCUT2D eigenvalue weighted by Gasteiger charge is 2.31. The lowest BCUT2D eigenvalue weighted by Crippen LogP contribution is -2.36. The van der Waals surface area contributed by atoms with E-state index in [0.29, 0.717) is 17.7 Å². The van der Waals surface area contributed by atoms with E-state index < -0.39 is 6.09 Å². The lowest BCUT2D eigenvalue weighted by Gasteiger charge is -2.18. The van der Waals surface area contributed by atoms with Crippen LogP contribution in [-0.2, 0) is 11.2 Å². The van der Waals surface area contributed by atoms with Crippen LogP contribution in [0.25, 0.3) is 10.2 Å². The second-order valence-electron chi connectivity index (χ2n) is 7.56. The Labute approximate surface area is 171 Å². The van der Waals surface area contributed by atoms with Crippen LogP contribution in [0, 0.1) is 5.92 Å². The Morgan fingerprint density at radius 2 is 2.24 bits per heavy atom. The van der Waals surface area contributed by atoms with Gasteiger partial charge in [-0.15, -0.1) is 11.3 Å². The molecule has 0 aliphatic heterocycles. The van der Waals surface area contributed by atoms with Gasteiger partial charge in [0.25, 0.3) is 0 Å². The molecule has 0 bridgehead atoms. The fourth-order valence-electron chi connectivity index (χ4n) is 4.12. The zero-order chi connectivity index (χ0) is 20.4. The molecule has 2 heterocycles. The van der Waals surface area contributed by atoms with Gasteiger partial charge >= 0.3 is 6.09 Å². The lowest BCUT2D eigenvalue weighted by atomic mass is 9.97. The van der Waals surface area contributed by atoms with Gasteiger partial charge in [-0.25, -0.2) is 9.78 Å². The molecule has 9 heteroatoms. The van der Waals surface area contributed by atoms with Gasteiger partial charge in [0.1, 0.15) is 0 Å². The Bertz CT molecular complexity index is 1030. The maximum Gasteiger partial charge on any atom is 0.404 e. The van der Waals surface area contributed by atoms with Gasteiger partial charge in [-0.2, -0.15) is 5.10 Å². The van der Waals surface area contributed by atoms with Gasteiger partial charge in [0, 0.05) is 23.7 Å². The van der Waals surface area contributed by atoms with E-state index in [1.54, 1.807) is 16.8 Å². The smallest absolute Gasteiger partial charge is 0.404 e. The van der Waals surface area contributed by atoms with Crippen molar-refractivity contribution in [2.45, 2.75) is 44.6 Å². The third kappa shape index (κ3) is 4.40. The van der Waals surface area contributed by atoms with Gasteiger partial charge < -0.3 is 15.7 Å². The van der Waals surface area contributed by atoms with Gasteiger partial charge in [-0.05, 0) is 43.7 Å². The summed E-state index contributed by atoms with van der Waals surface area (Å²) < 4.78 is 1.07. The summed E-state index contributed by atoms with van der Waals surface area (Å²) in [7, 11) is 0. The van der Waals surface area contributed by atoms with Crippen LogP contribution in [0.5, 0.6) is 0 Å². The number of fused-ring (bicyclic) bond motifs is 1. The largest absolute Gasteiger partial charge is 0.465 e. The third-order valence-electron chi connectivity index (χ3n) is 5.63. The average Bonchev–Trinajstić information content (AvgIpc) is 3.41. The van der Waals surface area contributed by atoms with E-state index in [2.05, 4.69) is 25.8 Å². The van der Waals surface area contributed by atoms with Crippen molar-refractivity contribution in [1.82, 2.24) is 20.5 Å². The molecule has 29 heavy (non-hydrogen) atoms. The zero-order valence-electron chi connectivity index (χ0n) is 16.0. The van der Waals surface area contributed by atoms with Gasteiger partial charge in [-0.3, -0.25) is 9.89 Å². The highest BCUT2D eigenvalue weighted by atomic mass is 32.1. The van der Waals surface area contributed by atoms with E-state index in [1.165, 1.54) is 0 Å². The molecule has 1 saturated carbocycles. The normalized spacial score (nSPS) is 19.9. The predicted molar refractivity (Wildman–Crippen MR) is 111 cm³/mol. The molecule has 2 amide bonds. The molecule has 2 aromatic heterocycles. The number of thiazole rings is 1. The Kier molecular flexibility index (Phi) is 5.48. The van der Waals surface area contributed by atoms with E-state index in [0.717, 1.165) is 40.7 Å². The van der Waals surface area contributed by atoms with Crippen molar-refractivity contribution in [3.63, 3.8) is 0 Å². The molecule has 1 aliphatic carbocycles. The summed E-state index contributed by atoms with van der Waals surface area (Å²) in [5, 5.41) is 21.6. The first-order valence-electron chi connectivity index (χ1n) is 9.65. The number of nitrogens with one attached hydrogen (secondary N) is 3. The lowest BCUT2D eigenvalue weighted by molar-refractivity contribution is -0.115. The number of amides is 2. The first kappa shape index (κ1) is 19.4. The van der Waals surface area contributed by atoms with Crippen molar-refractivity contribution >= 4 is 39.4 Å². The van der Waals surface area contributed by atoms with E-state index in [4.69, 9.17) is 5.11 Å². The molecule has 1 aliphatic rings. The number of aromatic nitrogens is 3. The fraction of sp³-hybridized carbons (Fsp3) is 0.400. The number of hydrogen-bond donors (Lipinski definition) is 4. The first-order chi connectivity index (χ1) is 14.0. The van der Waals surface area contributed by atoms with E-state index in [-0.39, 0.29) is 18.4 Å². The first-order valence-corrected chi connectivity index (χ1v) is 10.5. The third-order valence-corrected chi connectivity index (χ3v) is 6.43. The number of aromatic amines is 1. The van der Waals surface area contributed by atoms with E-state index in [1.807, 2.05) is 31.2 Å². The van der Waals surface area contributed by atoms with E-state index >= 15 is 0 Å². The molecule has 0 spiro atoms. The van der Waals surface area contributed by atoms with Gasteiger partial charge in [-0.1, -0.05) is 12.1 Å². The molecule has 0 radical (unpaired) electrons. The molecule has 2 unspecified atom stereocenters. The highest BCUT2D eigenvalue weighted by molar-refractivity contribution is 7.16. The Hall–Kier alpha value is -2.94. The summed E-state index contributed by atoms with van der Waals surface area (Å²) in [5.74, 6) is 0.971. The number of carbonyl (C=O) groups excluding carboxylic acids is 1. The molecule has 4 rings (SSSR count). The van der Waals surface area contributed by atoms with Crippen LogP contribution in [0.15, 0.2) is 29.8 Å². The minimum absolute atomic E-state index is 0.0759. The van der Waals surface area contributed by atoms with Crippen LogP contribution in [0.1, 0.15) is 43.4 Å². The predicted octanol–water partition coefficient (Wildman–Crippen LogP) is 3.74. The summed E-state index contributed by atoms with van der Waals surface area (Å²) in [4.78, 5) is 27.7. The standard InChI is InChI=1S/C20H23N5O3S/c1-11(22-20(27)28)12-5-6-13(7-12)15-9-17(25-24-15)23-18(26)8-14-3-2-4-16-19(14)21-10-29-16/h2-4,9-13,22H,5-8H2,1H3,(H,27,28)(H2,23,24,25,26)/t11?,12?,13-/m0/s1. The average molecular weight is 414 g/mol. The number of carboxylic acid groups (broad SMARTS) is 1. The Morgan fingerprint density at radius 1 is 1.38 bits per heavy atom. The van der Waals surface area contributed by atoms with Crippen molar-refractivity contribution in [3.8, 4) is 0 Å². The highest BCUT2D eigenvalue weighted by Crippen LogP contribution is 2.39. The molecular weight excluding hydrogens is 390 g/mol. The Morgan fingerprint density at radius 3 is 3.07 bits per heavy atom. The van der Waals surface area contributed by atoms with Crippen LogP contribution in [-0.4, -0.2) is 38.3 Å². The van der Waals surface area contributed by atoms with Crippen LogP contribution < -0.4 is 10.6 Å². The van der Waals surface area contributed by atoms with Crippen molar-refractivity contribution in [3.05, 3.63) is 41.0 Å². The molecular formula is C20H23N5O3S. The molecule has 0 saturated heterocycles. The molecule has 1 fully saturated rings. The van der Waals surface area contributed by atoms with Gasteiger partial charge in [0.15, 0.2) is 5.82 Å². The number of carbonyl (C=O) groups is 2. The molecule has 1 aromatic carbocycles. The van der Waals surface area contributed by atoms with Crippen molar-refractivity contribution in [2.75, 3.05) is 5.32 Å². The quantitative estimate of drug-likeness (QED) is 0.491. The Balaban J connectivity index is 1.35. The second-order valence-corrected chi connectivity index (χ2v) is 8.44. The van der Waals surface area contributed by atoms with Crippen LogP contribution in [0.2, 0.25) is 0 Å². The number of hydrogen-bond acceptors (Lipinski definition) is 5. The molecule has 8 nitrogen and oxygen atoms in total. The van der Waals surface area contributed by atoms with Crippen LogP contribution in [0.3, 0.4) is 0 Å². The van der Waals surface area contributed by atoms with Crippen LogP contribution in [0.4, 0.5) is 10.6 Å². The maximum absolute atomic E-state index is 12.5. The van der Waals surface area contributed by atoms with Crippen molar-refractivity contribution < 1.29 is 14.7 Å². The SMILES string of the molecule is CC(NC(=O)O)C1CC[C@H](c2cc(NC(=O)Cc3cccc4scnc34)n[nH]2)C1. The number of para-hydroxylation sites is 1. The van der Waals surface area contributed by atoms with Crippen molar-refractivity contribution in [2.24, 2.45) is 5.92 Å². The number of anilines is 1. The zero-order valence-corrected chi connectivity index (χ0v) is 16.8. The molecule has 3 aromatic rings. The van der Waals surface area contributed by atoms with Gasteiger partial charge in [0.05, 0.1) is 22.1 Å². The summed E-state index contributed by atoms with van der Waals surface area (Å²) in [6, 6.07) is 7.66. The number of benzene rings is 1. The summed E-state index contributed by atoms with van der Waals surface area (Å²) in [6.07, 6.45) is 2.08. The monoisotopic (exact) mass is 413 g/mol. The van der Waals surface area contributed by atoms with Crippen molar-refractivity contribution in [1.29, 1.82) is 0 Å². The molecule has 3 atom stereocenters. The second kappa shape index (κ2) is 8.20.